The fourth-order valence-electron chi connectivity index (χ4n) is 4.32. The van der Waals surface area contributed by atoms with Gasteiger partial charge in [-0.15, -0.1) is 0 Å². The Bertz CT molecular complexity index is 1210. The first-order chi connectivity index (χ1) is 14.8. The van der Waals surface area contributed by atoms with E-state index >= 15 is 0 Å². The lowest BCUT2D eigenvalue weighted by molar-refractivity contribution is 0.315. The van der Waals surface area contributed by atoms with Crippen LogP contribution in [0.2, 0.25) is 5.02 Å². The van der Waals surface area contributed by atoms with Crippen LogP contribution in [0, 0.1) is 0 Å². The molecule has 0 bridgehead atoms. The monoisotopic (exact) mass is 444 g/mol. The molecule has 0 amide bonds. The van der Waals surface area contributed by atoms with Gasteiger partial charge in [0.15, 0.2) is 11.2 Å². The predicted octanol–water partition coefficient (Wildman–Crippen LogP) is 2.15. The Balaban J connectivity index is 1.85. The molecule has 3 aromatic rings. The minimum atomic E-state index is -0.327. The molecule has 0 saturated carbocycles. The molecule has 166 valence electrons. The van der Waals surface area contributed by atoms with Crippen molar-refractivity contribution >= 4 is 28.7 Å². The molecular weight excluding hydrogens is 416 g/mol. The minimum Gasteiger partial charge on any atom is -0.341 e. The number of anilines is 1. The summed E-state index contributed by atoms with van der Waals surface area (Å²) in [6, 6.07) is 7.65. The molecule has 1 aliphatic heterocycles. The van der Waals surface area contributed by atoms with Crippen LogP contribution in [-0.4, -0.2) is 56.8 Å². The fraction of sp³-hybridized carbons (Fsp3) is 0.500. The Hall–Kier alpha value is -2.58. The molecule has 1 atom stereocenters. The van der Waals surface area contributed by atoms with Gasteiger partial charge in [-0.3, -0.25) is 13.9 Å². The zero-order chi connectivity index (χ0) is 22.3. The first kappa shape index (κ1) is 21.6. The summed E-state index contributed by atoms with van der Waals surface area (Å²) in [4.78, 5) is 35.9. The lowest BCUT2D eigenvalue weighted by Gasteiger charge is -2.20. The second kappa shape index (κ2) is 8.51. The van der Waals surface area contributed by atoms with E-state index in [1.165, 1.54) is 4.57 Å². The van der Waals surface area contributed by atoms with Gasteiger partial charge in [0.25, 0.3) is 5.56 Å². The molecule has 0 radical (unpaired) electrons. The van der Waals surface area contributed by atoms with Gasteiger partial charge in [-0.05, 0) is 44.6 Å². The van der Waals surface area contributed by atoms with E-state index in [-0.39, 0.29) is 17.8 Å². The largest absolute Gasteiger partial charge is 0.341 e. The Labute approximate surface area is 186 Å². The zero-order valence-corrected chi connectivity index (χ0v) is 19.3. The van der Waals surface area contributed by atoms with E-state index in [4.69, 9.17) is 16.6 Å². The first-order valence-electron chi connectivity index (χ1n) is 10.7. The molecule has 0 N–H and O–H groups in total. The maximum atomic E-state index is 13.4. The number of likely N-dealkylation sites (N-methyl/N-ethyl adjacent to an activating group) is 1. The number of aromatic nitrogens is 4. The highest BCUT2D eigenvalue weighted by Gasteiger charge is 2.29. The van der Waals surface area contributed by atoms with Crippen molar-refractivity contribution in [1.29, 1.82) is 0 Å². The molecule has 4 rings (SSSR count). The van der Waals surface area contributed by atoms with Gasteiger partial charge in [-0.2, -0.15) is 4.98 Å². The quantitative estimate of drug-likeness (QED) is 0.582. The first-order valence-corrected chi connectivity index (χ1v) is 11.1. The highest BCUT2D eigenvalue weighted by Crippen LogP contribution is 2.24. The summed E-state index contributed by atoms with van der Waals surface area (Å²) in [6.07, 6.45) is 1.81. The van der Waals surface area contributed by atoms with E-state index in [0.29, 0.717) is 28.8 Å². The number of benzene rings is 1. The maximum Gasteiger partial charge on any atom is 0.333 e. The van der Waals surface area contributed by atoms with Crippen LogP contribution >= 0.6 is 11.6 Å². The standard InChI is InChI=1S/C22H29ClN6O2/c1-5-11-28-19-18(26(4)21(24-19)27-12-10-17(14-27)25(2)3)20(30)29(22(28)31)13-15-6-8-16(23)9-7-15/h6-9,17H,5,10-14H2,1-4H3/t17-/m1/s1. The van der Waals surface area contributed by atoms with E-state index in [1.807, 2.05) is 30.7 Å². The highest BCUT2D eigenvalue weighted by atomic mass is 35.5. The molecular formula is C22H29ClN6O2. The Kier molecular flexibility index (Phi) is 5.94. The molecule has 8 nitrogen and oxygen atoms in total. The van der Waals surface area contributed by atoms with Crippen LogP contribution in [0.5, 0.6) is 0 Å². The van der Waals surface area contributed by atoms with Gasteiger partial charge in [0.2, 0.25) is 5.95 Å². The van der Waals surface area contributed by atoms with Gasteiger partial charge in [-0.25, -0.2) is 4.79 Å². The van der Waals surface area contributed by atoms with Gasteiger partial charge in [0.05, 0.1) is 6.54 Å². The number of aryl methyl sites for hydroxylation is 2. The summed E-state index contributed by atoms with van der Waals surface area (Å²) >= 11 is 5.98. The smallest absolute Gasteiger partial charge is 0.333 e. The van der Waals surface area contributed by atoms with Crippen molar-refractivity contribution < 1.29 is 0 Å². The van der Waals surface area contributed by atoms with Crippen molar-refractivity contribution in [3.63, 3.8) is 0 Å². The van der Waals surface area contributed by atoms with E-state index < -0.39 is 0 Å². The summed E-state index contributed by atoms with van der Waals surface area (Å²) in [5, 5.41) is 0.618. The SMILES string of the molecule is CCCn1c(=O)n(Cc2ccc(Cl)cc2)c(=O)c2c1nc(N1CC[C@@H](N(C)C)C1)n2C. The number of fused-ring (bicyclic) bond motifs is 1. The lowest BCUT2D eigenvalue weighted by Crippen LogP contribution is -2.40. The second-order valence-corrected chi connectivity index (χ2v) is 8.88. The average molecular weight is 445 g/mol. The Morgan fingerprint density at radius 3 is 2.48 bits per heavy atom. The summed E-state index contributed by atoms with van der Waals surface area (Å²) in [5.74, 6) is 0.741. The molecule has 3 heterocycles. The van der Waals surface area contributed by atoms with Crippen LogP contribution in [0.15, 0.2) is 33.9 Å². The van der Waals surface area contributed by atoms with E-state index in [1.54, 1.807) is 16.7 Å². The van der Waals surface area contributed by atoms with Crippen LogP contribution in [0.4, 0.5) is 5.95 Å². The van der Waals surface area contributed by atoms with Crippen LogP contribution in [0.1, 0.15) is 25.3 Å². The summed E-state index contributed by atoms with van der Waals surface area (Å²) in [5.41, 5.74) is 1.14. The van der Waals surface area contributed by atoms with Gasteiger partial charge >= 0.3 is 5.69 Å². The topological polar surface area (TPSA) is 68.3 Å². The van der Waals surface area contributed by atoms with E-state index in [0.717, 1.165) is 37.4 Å². The third-order valence-electron chi connectivity index (χ3n) is 6.10. The normalized spacial score (nSPS) is 16.7. The average Bonchev–Trinajstić information content (AvgIpc) is 3.35. The van der Waals surface area contributed by atoms with Gasteiger partial charge in [-0.1, -0.05) is 30.7 Å². The Morgan fingerprint density at radius 2 is 1.87 bits per heavy atom. The summed E-state index contributed by atoms with van der Waals surface area (Å²) in [7, 11) is 6.03. The lowest BCUT2D eigenvalue weighted by atomic mass is 10.2. The molecule has 9 heteroatoms. The molecule has 31 heavy (non-hydrogen) atoms. The van der Waals surface area contributed by atoms with Gasteiger partial charge in [0, 0.05) is 37.7 Å². The van der Waals surface area contributed by atoms with Crippen molar-refractivity contribution in [1.82, 2.24) is 23.6 Å². The van der Waals surface area contributed by atoms with Crippen molar-refractivity contribution in [2.24, 2.45) is 7.05 Å². The van der Waals surface area contributed by atoms with Crippen LogP contribution < -0.4 is 16.1 Å². The van der Waals surface area contributed by atoms with Crippen LogP contribution in [0.25, 0.3) is 11.2 Å². The zero-order valence-electron chi connectivity index (χ0n) is 18.5. The molecule has 0 spiro atoms. The number of rotatable bonds is 6. The maximum absolute atomic E-state index is 13.4. The summed E-state index contributed by atoms with van der Waals surface area (Å²) < 4.78 is 4.79. The van der Waals surface area contributed by atoms with Crippen molar-refractivity contribution in [3.8, 4) is 0 Å². The number of halogens is 1. The van der Waals surface area contributed by atoms with Crippen molar-refractivity contribution in [2.75, 3.05) is 32.1 Å². The van der Waals surface area contributed by atoms with Crippen LogP contribution in [0.3, 0.4) is 0 Å². The minimum absolute atomic E-state index is 0.196. The molecule has 1 aliphatic rings. The molecule has 1 saturated heterocycles. The highest BCUT2D eigenvalue weighted by molar-refractivity contribution is 6.30. The molecule has 2 aromatic heterocycles. The molecule has 1 aromatic carbocycles. The predicted molar refractivity (Wildman–Crippen MR) is 124 cm³/mol. The van der Waals surface area contributed by atoms with Crippen molar-refractivity contribution in [3.05, 3.63) is 55.7 Å². The number of imidazole rings is 1. The molecule has 1 fully saturated rings. The second-order valence-electron chi connectivity index (χ2n) is 8.45. The molecule has 0 unspecified atom stereocenters. The third kappa shape index (κ3) is 3.90. The third-order valence-corrected chi connectivity index (χ3v) is 6.35. The van der Waals surface area contributed by atoms with Crippen LogP contribution in [-0.2, 0) is 20.1 Å². The number of nitrogens with zero attached hydrogens (tertiary/aromatic N) is 6. The number of hydrogen-bond donors (Lipinski definition) is 0. The summed E-state index contributed by atoms with van der Waals surface area (Å²) in [6.45, 7) is 4.44. The van der Waals surface area contributed by atoms with Gasteiger partial charge in [0.1, 0.15) is 0 Å². The van der Waals surface area contributed by atoms with E-state index in [2.05, 4.69) is 23.9 Å². The van der Waals surface area contributed by atoms with Gasteiger partial charge < -0.3 is 14.4 Å². The molecule has 0 aliphatic carbocycles. The Morgan fingerprint density at radius 1 is 1.16 bits per heavy atom. The fourth-order valence-corrected chi connectivity index (χ4v) is 4.44. The van der Waals surface area contributed by atoms with E-state index in [9.17, 15) is 9.59 Å². The number of hydrogen-bond acceptors (Lipinski definition) is 5. The van der Waals surface area contributed by atoms with Crippen molar-refractivity contribution in [2.45, 2.75) is 38.9 Å².